The van der Waals surface area contributed by atoms with Crippen molar-refractivity contribution in [2.24, 2.45) is 0 Å². The van der Waals surface area contributed by atoms with Crippen LogP contribution in [0.15, 0.2) is 18.2 Å². The van der Waals surface area contributed by atoms with Gasteiger partial charge in [0.2, 0.25) is 0 Å². The number of alkyl carbamates (subject to hydrolysis) is 1. The lowest BCUT2D eigenvalue weighted by Gasteiger charge is -2.16. The first kappa shape index (κ1) is 19.9. The lowest BCUT2D eigenvalue weighted by molar-refractivity contribution is -0.881. The van der Waals surface area contributed by atoms with Crippen LogP contribution >= 0.6 is 11.6 Å². The summed E-state index contributed by atoms with van der Waals surface area (Å²) < 4.78 is 18.2. The van der Waals surface area contributed by atoms with Crippen molar-refractivity contribution in [3.63, 3.8) is 0 Å². The van der Waals surface area contributed by atoms with Crippen molar-refractivity contribution >= 4 is 35.2 Å². The fourth-order valence-electron chi connectivity index (χ4n) is 1.88. The van der Waals surface area contributed by atoms with Gasteiger partial charge in [0.1, 0.15) is 5.82 Å². The first-order valence-electron chi connectivity index (χ1n) is 7.40. The van der Waals surface area contributed by atoms with Crippen molar-refractivity contribution in [2.45, 2.75) is 13.8 Å². The van der Waals surface area contributed by atoms with Gasteiger partial charge in [-0.05, 0) is 32.0 Å². The molecule has 1 aromatic carbocycles. The molecule has 3 N–H and O–H groups in total. The van der Waals surface area contributed by atoms with E-state index in [1.165, 1.54) is 12.1 Å². The van der Waals surface area contributed by atoms with Gasteiger partial charge >= 0.3 is 6.09 Å². The van der Waals surface area contributed by atoms with Gasteiger partial charge < -0.3 is 15.0 Å². The van der Waals surface area contributed by atoms with Crippen LogP contribution in [0.4, 0.5) is 14.9 Å². The number of hydrogen-bond acceptors (Lipinski definition) is 4. The predicted molar refractivity (Wildman–Crippen MR) is 86.4 cm³/mol. The van der Waals surface area contributed by atoms with Crippen molar-refractivity contribution in [2.75, 3.05) is 31.6 Å². The summed E-state index contributed by atoms with van der Waals surface area (Å²) in [5.74, 6) is -1.67. The van der Waals surface area contributed by atoms with E-state index < -0.39 is 23.7 Å². The molecule has 3 amide bonds. The molecular formula is C15H20ClFN3O4+. The zero-order chi connectivity index (χ0) is 18.1. The molecule has 0 bridgehead atoms. The number of hydrogen-bond donors (Lipinski definition) is 3. The van der Waals surface area contributed by atoms with Gasteiger partial charge in [-0.3, -0.25) is 14.9 Å². The Bertz CT molecular complexity index is 612. The summed E-state index contributed by atoms with van der Waals surface area (Å²) in [6, 6.07) is 3.90. The van der Waals surface area contributed by atoms with Crippen LogP contribution in [0.1, 0.15) is 13.8 Å². The minimum absolute atomic E-state index is 0.0100. The topological polar surface area (TPSA) is 88.9 Å². The normalized spacial score (nSPS) is 11.5. The molecule has 1 rings (SSSR count). The van der Waals surface area contributed by atoms with Gasteiger partial charge in [0.15, 0.2) is 13.1 Å². The van der Waals surface area contributed by atoms with E-state index in [1.807, 2.05) is 0 Å². The molecule has 1 unspecified atom stereocenters. The van der Waals surface area contributed by atoms with E-state index in [9.17, 15) is 18.8 Å². The third-order valence-corrected chi connectivity index (χ3v) is 3.28. The number of nitrogens with one attached hydrogen (secondary N) is 3. The predicted octanol–water partition coefficient (Wildman–Crippen LogP) is 0.595. The van der Waals surface area contributed by atoms with Crippen LogP contribution in [0.3, 0.4) is 0 Å². The second-order valence-electron chi connectivity index (χ2n) is 4.90. The van der Waals surface area contributed by atoms with Crippen molar-refractivity contribution in [1.29, 1.82) is 0 Å². The molecular weight excluding hydrogens is 341 g/mol. The number of benzene rings is 1. The van der Waals surface area contributed by atoms with Crippen molar-refractivity contribution in [3.05, 3.63) is 29.0 Å². The smallest absolute Gasteiger partial charge is 0.414 e. The number of ether oxygens (including phenoxy) is 1. The summed E-state index contributed by atoms with van der Waals surface area (Å²) in [6.07, 6.45) is -0.828. The molecule has 7 nitrogen and oxygen atoms in total. The number of carbonyl (C=O) groups is 3. The van der Waals surface area contributed by atoms with Gasteiger partial charge in [0.25, 0.3) is 11.8 Å². The maximum Gasteiger partial charge on any atom is 0.414 e. The second kappa shape index (κ2) is 9.84. The first-order chi connectivity index (χ1) is 11.3. The van der Waals surface area contributed by atoms with Gasteiger partial charge in [-0.15, -0.1) is 0 Å². The largest absolute Gasteiger partial charge is 0.450 e. The number of likely N-dealkylation sites (N-methyl/N-ethyl adjacent to an activating group) is 1. The molecule has 0 radical (unpaired) electrons. The maximum atomic E-state index is 13.6. The highest BCUT2D eigenvalue weighted by atomic mass is 35.5. The summed E-state index contributed by atoms with van der Waals surface area (Å²) in [6.45, 7) is 3.86. The van der Waals surface area contributed by atoms with Gasteiger partial charge in [-0.25, -0.2) is 9.18 Å². The van der Waals surface area contributed by atoms with Gasteiger partial charge in [0, 0.05) is 5.02 Å². The number of anilines is 1. The van der Waals surface area contributed by atoms with E-state index in [-0.39, 0.29) is 30.4 Å². The highest BCUT2D eigenvalue weighted by Crippen LogP contribution is 2.18. The molecule has 0 aliphatic carbocycles. The van der Waals surface area contributed by atoms with E-state index in [4.69, 9.17) is 11.6 Å². The molecule has 0 aromatic heterocycles. The summed E-state index contributed by atoms with van der Waals surface area (Å²) in [4.78, 5) is 35.4. The molecule has 9 heteroatoms. The highest BCUT2D eigenvalue weighted by Gasteiger charge is 2.19. The zero-order valence-electron chi connectivity index (χ0n) is 13.4. The number of carbonyl (C=O) groups excluding carboxylic acids is 3. The molecule has 0 spiro atoms. The Hall–Kier alpha value is -2.19. The minimum Gasteiger partial charge on any atom is -0.450 e. The average Bonchev–Trinajstić information content (AvgIpc) is 2.49. The monoisotopic (exact) mass is 360 g/mol. The summed E-state index contributed by atoms with van der Waals surface area (Å²) in [5, 5.41) is 4.70. The maximum absolute atomic E-state index is 13.6. The van der Waals surface area contributed by atoms with E-state index in [2.05, 4.69) is 15.4 Å². The van der Waals surface area contributed by atoms with E-state index >= 15 is 0 Å². The fraction of sp³-hybridized carbons (Fsp3) is 0.400. The van der Waals surface area contributed by atoms with Crippen LogP contribution in [0.25, 0.3) is 0 Å². The van der Waals surface area contributed by atoms with E-state index in [0.717, 1.165) is 6.07 Å². The second-order valence-corrected chi connectivity index (χ2v) is 5.33. The Balaban J connectivity index is 2.53. The number of quaternary nitrogens is 1. The summed E-state index contributed by atoms with van der Waals surface area (Å²) >= 11 is 5.64. The fourth-order valence-corrected chi connectivity index (χ4v) is 2.04. The third kappa shape index (κ3) is 6.93. The molecule has 0 saturated carbocycles. The quantitative estimate of drug-likeness (QED) is 0.664. The zero-order valence-corrected chi connectivity index (χ0v) is 14.2. The number of halogens is 2. The molecule has 0 aliphatic rings. The first-order valence-corrected chi connectivity index (χ1v) is 7.78. The van der Waals surface area contributed by atoms with E-state index in [0.29, 0.717) is 11.4 Å². The Labute approximate surface area is 144 Å². The standard InChI is InChI=1S/C15H19ClFN3O4/c1-3-20(9-14(22)19-15(23)24-4-2)8-13(21)18-12-6-5-10(16)7-11(12)17/h5-7H,3-4,8-9H2,1-2H3,(H,18,21)(H,19,22,23)/p+1. The SMILES string of the molecule is CCOC(=O)NC(=O)C[NH+](CC)CC(=O)Nc1ccc(Cl)cc1F. The van der Waals surface area contributed by atoms with Crippen LogP contribution in [0.5, 0.6) is 0 Å². The number of amides is 3. The molecule has 0 fully saturated rings. The Morgan fingerprint density at radius 1 is 1.21 bits per heavy atom. The molecule has 1 aromatic rings. The van der Waals surface area contributed by atoms with Crippen molar-refractivity contribution in [3.8, 4) is 0 Å². The van der Waals surface area contributed by atoms with Crippen LogP contribution < -0.4 is 15.5 Å². The van der Waals surface area contributed by atoms with Crippen LogP contribution in [0.2, 0.25) is 5.02 Å². The number of imide groups is 1. The molecule has 24 heavy (non-hydrogen) atoms. The summed E-state index contributed by atoms with van der Waals surface area (Å²) in [5.41, 5.74) is 0.0100. The molecule has 0 heterocycles. The lowest BCUT2D eigenvalue weighted by atomic mass is 10.3. The van der Waals surface area contributed by atoms with Crippen LogP contribution in [0, 0.1) is 5.82 Å². The van der Waals surface area contributed by atoms with Crippen LogP contribution in [-0.4, -0.2) is 44.1 Å². The van der Waals surface area contributed by atoms with Gasteiger partial charge in [0.05, 0.1) is 18.8 Å². The Kier molecular flexibility index (Phi) is 8.14. The van der Waals surface area contributed by atoms with Crippen LogP contribution in [-0.2, 0) is 14.3 Å². The molecule has 132 valence electrons. The van der Waals surface area contributed by atoms with Crippen molar-refractivity contribution < 1.29 is 28.4 Å². The Morgan fingerprint density at radius 3 is 2.46 bits per heavy atom. The summed E-state index contributed by atoms with van der Waals surface area (Å²) in [7, 11) is 0. The molecule has 0 aliphatic heterocycles. The Morgan fingerprint density at radius 2 is 1.88 bits per heavy atom. The minimum atomic E-state index is -0.828. The number of rotatable bonds is 7. The molecule has 1 atom stereocenters. The van der Waals surface area contributed by atoms with E-state index in [1.54, 1.807) is 13.8 Å². The third-order valence-electron chi connectivity index (χ3n) is 3.04. The highest BCUT2D eigenvalue weighted by molar-refractivity contribution is 6.30. The average molecular weight is 361 g/mol. The van der Waals surface area contributed by atoms with Crippen molar-refractivity contribution in [1.82, 2.24) is 5.32 Å². The lowest BCUT2D eigenvalue weighted by Crippen LogP contribution is -3.14. The van der Waals surface area contributed by atoms with Gasteiger partial charge in [-0.1, -0.05) is 11.6 Å². The molecule has 0 saturated heterocycles. The van der Waals surface area contributed by atoms with Gasteiger partial charge in [-0.2, -0.15) is 0 Å².